The molecule has 0 aliphatic carbocycles. The summed E-state index contributed by atoms with van der Waals surface area (Å²) in [4.78, 5) is 16.3. The van der Waals surface area contributed by atoms with Gasteiger partial charge in [-0.05, 0) is 46.2 Å². The van der Waals surface area contributed by atoms with Crippen molar-refractivity contribution in [3.63, 3.8) is 0 Å². The van der Waals surface area contributed by atoms with Crippen molar-refractivity contribution in [3.8, 4) is 0 Å². The number of nitrogens with two attached hydrogens (primary N) is 1. The Morgan fingerprint density at radius 2 is 2.06 bits per heavy atom. The molecular formula is C13H21N3O. The SMILES string of the molecule is Cc1ccc(C(=O)NC(C)CC(C)N)c(C)n1. The number of hydrogen-bond donors (Lipinski definition) is 2. The second kappa shape index (κ2) is 5.77. The van der Waals surface area contributed by atoms with Crippen LogP contribution in [0.5, 0.6) is 0 Å². The lowest BCUT2D eigenvalue weighted by atomic mass is 10.1. The molecule has 1 rings (SSSR count). The Morgan fingerprint density at radius 3 is 2.59 bits per heavy atom. The van der Waals surface area contributed by atoms with E-state index >= 15 is 0 Å². The number of aryl methyl sites for hydroxylation is 2. The third-order valence-electron chi connectivity index (χ3n) is 2.57. The number of hydrogen-bond acceptors (Lipinski definition) is 3. The van der Waals surface area contributed by atoms with Crippen molar-refractivity contribution in [3.05, 3.63) is 29.1 Å². The number of nitrogens with zero attached hydrogens (tertiary/aromatic N) is 1. The first-order valence-corrected chi connectivity index (χ1v) is 5.91. The van der Waals surface area contributed by atoms with Gasteiger partial charge in [0.2, 0.25) is 0 Å². The third kappa shape index (κ3) is 4.15. The zero-order chi connectivity index (χ0) is 13.0. The average Bonchev–Trinajstić information content (AvgIpc) is 2.15. The second-order valence-corrected chi connectivity index (χ2v) is 4.67. The highest BCUT2D eigenvalue weighted by Gasteiger charge is 2.13. The maximum absolute atomic E-state index is 12.0. The zero-order valence-corrected chi connectivity index (χ0v) is 10.9. The maximum atomic E-state index is 12.0. The highest BCUT2D eigenvalue weighted by Crippen LogP contribution is 2.07. The average molecular weight is 235 g/mol. The summed E-state index contributed by atoms with van der Waals surface area (Å²) in [5, 5.41) is 2.93. The van der Waals surface area contributed by atoms with Gasteiger partial charge in [-0.1, -0.05) is 0 Å². The standard InChI is InChI=1S/C13H21N3O/c1-8(14)7-10(3)16-13(17)12-6-5-9(2)15-11(12)4/h5-6,8,10H,7,14H2,1-4H3,(H,16,17). The molecule has 1 aromatic rings. The maximum Gasteiger partial charge on any atom is 0.253 e. The van der Waals surface area contributed by atoms with Crippen LogP contribution in [0.4, 0.5) is 0 Å². The van der Waals surface area contributed by atoms with Crippen molar-refractivity contribution in [2.24, 2.45) is 5.73 Å². The molecule has 1 amide bonds. The van der Waals surface area contributed by atoms with Crippen LogP contribution in [-0.2, 0) is 0 Å². The molecule has 0 aromatic carbocycles. The molecule has 0 saturated carbocycles. The molecule has 4 heteroatoms. The van der Waals surface area contributed by atoms with Gasteiger partial charge in [-0.2, -0.15) is 0 Å². The molecular weight excluding hydrogens is 214 g/mol. The number of nitrogens with one attached hydrogen (secondary N) is 1. The number of aromatic nitrogens is 1. The molecule has 0 radical (unpaired) electrons. The Balaban J connectivity index is 2.70. The lowest BCUT2D eigenvalue weighted by Crippen LogP contribution is -2.36. The Bertz CT molecular complexity index is 402. The predicted molar refractivity (Wildman–Crippen MR) is 68.9 cm³/mol. The van der Waals surface area contributed by atoms with Crippen LogP contribution < -0.4 is 11.1 Å². The van der Waals surface area contributed by atoms with E-state index in [0.29, 0.717) is 5.56 Å². The first-order valence-electron chi connectivity index (χ1n) is 5.91. The van der Waals surface area contributed by atoms with E-state index in [1.54, 1.807) is 0 Å². The Morgan fingerprint density at radius 1 is 1.41 bits per heavy atom. The van der Waals surface area contributed by atoms with Crippen LogP contribution in [0, 0.1) is 13.8 Å². The van der Waals surface area contributed by atoms with Crippen LogP contribution in [0.25, 0.3) is 0 Å². The zero-order valence-electron chi connectivity index (χ0n) is 10.9. The molecule has 0 saturated heterocycles. The summed E-state index contributed by atoms with van der Waals surface area (Å²) in [5.41, 5.74) is 8.00. The Labute approximate surface area is 103 Å². The van der Waals surface area contributed by atoms with Gasteiger partial charge in [0.15, 0.2) is 0 Å². The van der Waals surface area contributed by atoms with Crippen molar-refractivity contribution in [1.29, 1.82) is 0 Å². The molecule has 1 heterocycles. The molecule has 0 bridgehead atoms. The molecule has 0 aliphatic rings. The molecule has 0 spiro atoms. The normalized spacial score (nSPS) is 14.2. The first kappa shape index (κ1) is 13.6. The fourth-order valence-corrected chi connectivity index (χ4v) is 1.84. The summed E-state index contributed by atoms with van der Waals surface area (Å²) in [6, 6.07) is 3.81. The van der Waals surface area contributed by atoms with Gasteiger partial charge >= 0.3 is 0 Å². The summed E-state index contributed by atoms with van der Waals surface area (Å²) in [7, 11) is 0. The fraction of sp³-hybridized carbons (Fsp3) is 0.538. The van der Waals surface area contributed by atoms with E-state index in [-0.39, 0.29) is 18.0 Å². The molecule has 0 fully saturated rings. The molecule has 17 heavy (non-hydrogen) atoms. The highest BCUT2D eigenvalue weighted by atomic mass is 16.1. The quantitative estimate of drug-likeness (QED) is 0.832. The van der Waals surface area contributed by atoms with Gasteiger partial charge in [-0.15, -0.1) is 0 Å². The van der Waals surface area contributed by atoms with Gasteiger partial charge in [-0.25, -0.2) is 0 Å². The van der Waals surface area contributed by atoms with E-state index in [1.807, 2.05) is 39.8 Å². The van der Waals surface area contributed by atoms with E-state index < -0.39 is 0 Å². The van der Waals surface area contributed by atoms with Crippen LogP contribution in [-0.4, -0.2) is 23.0 Å². The summed E-state index contributed by atoms with van der Waals surface area (Å²) < 4.78 is 0. The van der Waals surface area contributed by atoms with E-state index in [9.17, 15) is 4.79 Å². The summed E-state index contributed by atoms with van der Waals surface area (Å²) in [6.07, 6.45) is 0.768. The molecule has 2 atom stereocenters. The van der Waals surface area contributed by atoms with Crippen LogP contribution >= 0.6 is 0 Å². The van der Waals surface area contributed by atoms with Gasteiger partial charge in [0, 0.05) is 17.8 Å². The number of rotatable bonds is 4. The van der Waals surface area contributed by atoms with Crippen molar-refractivity contribution in [2.45, 2.75) is 46.2 Å². The Hall–Kier alpha value is -1.42. The topological polar surface area (TPSA) is 68.0 Å². The number of carbonyl (C=O) groups is 1. The van der Waals surface area contributed by atoms with Gasteiger partial charge in [0.1, 0.15) is 0 Å². The fourth-order valence-electron chi connectivity index (χ4n) is 1.84. The summed E-state index contributed by atoms with van der Waals surface area (Å²) in [6.45, 7) is 7.64. The first-order chi connectivity index (χ1) is 7.90. The number of carbonyl (C=O) groups excluding carboxylic acids is 1. The van der Waals surface area contributed by atoms with E-state index in [4.69, 9.17) is 5.73 Å². The molecule has 1 aromatic heterocycles. The van der Waals surface area contributed by atoms with E-state index in [1.165, 1.54) is 0 Å². The van der Waals surface area contributed by atoms with Crippen molar-refractivity contribution >= 4 is 5.91 Å². The number of amides is 1. The molecule has 0 aliphatic heterocycles. The minimum absolute atomic E-state index is 0.0724. The van der Waals surface area contributed by atoms with Crippen molar-refractivity contribution < 1.29 is 4.79 Å². The smallest absolute Gasteiger partial charge is 0.253 e. The number of pyridine rings is 1. The minimum atomic E-state index is -0.0804. The molecule has 3 N–H and O–H groups in total. The Kier molecular flexibility index (Phi) is 4.63. The largest absolute Gasteiger partial charge is 0.349 e. The third-order valence-corrected chi connectivity index (χ3v) is 2.57. The summed E-state index contributed by atoms with van der Waals surface area (Å²) in [5.74, 6) is -0.0804. The monoisotopic (exact) mass is 235 g/mol. The van der Waals surface area contributed by atoms with E-state index in [0.717, 1.165) is 17.8 Å². The highest BCUT2D eigenvalue weighted by molar-refractivity contribution is 5.95. The molecule has 2 unspecified atom stereocenters. The van der Waals surface area contributed by atoms with Crippen LogP contribution in [0.2, 0.25) is 0 Å². The van der Waals surface area contributed by atoms with Crippen LogP contribution in [0.1, 0.15) is 42.0 Å². The lowest BCUT2D eigenvalue weighted by molar-refractivity contribution is 0.0936. The van der Waals surface area contributed by atoms with Gasteiger partial charge in [-0.3, -0.25) is 9.78 Å². The van der Waals surface area contributed by atoms with E-state index in [2.05, 4.69) is 10.3 Å². The molecule has 4 nitrogen and oxygen atoms in total. The lowest BCUT2D eigenvalue weighted by Gasteiger charge is -2.16. The van der Waals surface area contributed by atoms with Crippen molar-refractivity contribution in [2.75, 3.05) is 0 Å². The van der Waals surface area contributed by atoms with Crippen LogP contribution in [0.3, 0.4) is 0 Å². The summed E-state index contributed by atoms with van der Waals surface area (Å²) >= 11 is 0. The minimum Gasteiger partial charge on any atom is -0.349 e. The van der Waals surface area contributed by atoms with Gasteiger partial charge < -0.3 is 11.1 Å². The van der Waals surface area contributed by atoms with Crippen molar-refractivity contribution in [1.82, 2.24) is 10.3 Å². The molecule has 94 valence electrons. The van der Waals surface area contributed by atoms with Gasteiger partial charge in [0.25, 0.3) is 5.91 Å². The second-order valence-electron chi connectivity index (χ2n) is 4.67. The van der Waals surface area contributed by atoms with Crippen LogP contribution in [0.15, 0.2) is 12.1 Å². The predicted octanol–water partition coefficient (Wildman–Crippen LogP) is 1.55. The van der Waals surface area contributed by atoms with Gasteiger partial charge in [0.05, 0.1) is 11.3 Å².